The first-order valence-electron chi connectivity index (χ1n) is 41.2. The Bertz CT molecular complexity index is 1940. The number of aliphatic hydroxyl groups is 1. The van der Waals surface area contributed by atoms with Gasteiger partial charge in [0, 0.05) is 25.7 Å². The summed E-state index contributed by atoms with van der Waals surface area (Å²) in [5.41, 5.74) is 0. The van der Waals surface area contributed by atoms with E-state index in [-0.39, 0.29) is 25.7 Å². The number of esters is 4. The molecule has 0 aliphatic carbocycles. The molecule has 19 heteroatoms. The average molecular weight is 1450 g/mol. The van der Waals surface area contributed by atoms with Crippen LogP contribution in [-0.4, -0.2) is 96.7 Å². The molecule has 5 atom stereocenters. The van der Waals surface area contributed by atoms with Crippen molar-refractivity contribution in [1.82, 2.24) is 0 Å². The van der Waals surface area contributed by atoms with E-state index >= 15 is 0 Å². The Labute approximate surface area is 607 Å². The monoisotopic (exact) mass is 1450 g/mol. The van der Waals surface area contributed by atoms with Gasteiger partial charge in [-0.3, -0.25) is 37.3 Å². The lowest BCUT2D eigenvalue weighted by molar-refractivity contribution is -0.161. The molecule has 0 saturated carbocycles. The Balaban J connectivity index is 5.20. The van der Waals surface area contributed by atoms with Crippen molar-refractivity contribution in [1.29, 1.82) is 0 Å². The van der Waals surface area contributed by atoms with Crippen LogP contribution >= 0.6 is 15.6 Å². The molecule has 3 N–H and O–H groups in total. The number of hydrogen-bond donors (Lipinski definition) is 3. The van der Waals surface area contributed by atoms with E-state index in [4.69, 9.17) is 37.0 Å². The quantitative estimate of drug-likeness (QED) is 0.0222. The van der Waals surface area contributed by atoms with Crippen LogP contribution in [0.15, 0.2) is 0 Å². The number of hydrogen-bond acceptors (Lipinski definition) is 15. The Morgan fingerprint density at radius 1 is 0.253 bits per heavy atom. The number of ether oxygens (including phenoxy) is 4. The van der Waals surface area contributed by atoms with Gasteiger partial charge in [0.05, 0.1) is 26.4 Å². The lowest BCUT2D eigenvalue weighted by Crippen LogP contribution is -2.30. The van der Waals surface area contributed by atoms with Crippen molar-refractivity contribution < 1.29 is 80.2 Å². The maximum Gasteiger partial charge on any atom is 0.472 e. The molecule has 0 aliphatic heterocycles. The molecular weight excluding hydrogens is 1290 g/mol. The fraction of sp³-hybridized carbons (Fsp3) is 0.950. The highest BCUT2D eigenvalue weighted by Crippen LogP contribution is 2.45. The summed E-state index contributed by atoms with van der Waals surface area (Å²) in [5, 5.41) is 10.6. The minimum Gasteiger partial charge on any atom is -0.462 e. The summed E-state index contributed by atoms with van der Waals surface area (Å²) in [7, 11) is -9.92. The SMILES string of the molecule is CC(C)CCCCCCCCCCCCCCCCCCCCC(=O)O[C@H](COC(=O)CCCCCCCCCC(C)C)COP(=O)(O)OCC(O)COP(=O)(O)OC[C@@H](COC(=O)CCCCCCCCCCCCCCC(C)C)OC(=O)CCCCCCCCCCCCC(C)C. The third kappa shape index (κ3) is 74.1. The average Bonchev–Trinajstić information content (AvgIpc) is 0.987. The molecule has 17 nitrogen and oxygen atoms in total. The maximum absolute atomic E-state index is 13.1. The summed E-state index contributed by atoms with van der Waals surface area (Å²) < 4.78 is 68.6. The fourth-order valence-corrected chi connectivity index (χ4v) is 13.8. The lowest BCUT2D eigenvalue weighted by atomic mass is 10.0. The Hall–Kier alpha value is -1.94. The molecule has 0 fully saturated rings. The second-order valence-corrected chi connectivity index (χ2v) is 33.6. The Kier molecular flexibility index (Phi) is 67.8. The van der Waals surface area contributed by atoms with Crippen LogP contribution in [0.3, 0.4) is 0 Å². The van der Waals surface area contributed by atoms with Crippen LogP contribution in [0, 0.1) is 23.7 Å². The molecule has 0 saturated heterocycles. The van der Waals surface area contributed by atoms with Gasteiger partial charge in [0.2, 0.25) is 0 Å². The van der Waals surface area contributed by atoms with Gasteiger partial charge in [-0.15, -0.1) is 0 Å². The van der Waals surface area contributed by atoms with Gasteiger partial charge >= 0.3 is 39.5 Å². The molecule has 0 aromatic heterocycles. The van der Waals surface area contributed by atoms with Crippen LogP contribution in [0.1, 0.15) is 409 Å². The molecule has 0 radical (unpaired) electrons. The molecule has 0 spiro atoms. The zero-order valence-electron chi connectivity index (χ0n) is 65.1. The zero-order chi connectivity index (χ0) is 73.1. The van der Waals surface area contributed by atoms with Gasteiger partial charge < -0.3 is 33.8 Å². The number of carbonyl (C=O) groups is 4. The first-order valence-corrected chi connectivity index (χ1v) is 44.2. The van der Waals surface area contributed by atoms with Gasteiger partial charge in [-0.25, -0.2) is 9.13 Å². The van der Waals surface area contributed by atoms with Crippen LogP contribution in [0.5, 0.6) is 0 Å². The molecule has 0 heterocycles. The standard InChI is InChI=1S/C80H156O17P2/c1-70(2)56-48-40-32-25-19-15-13-11-9-10-12-14-16-22-29-37-46-54-62-79(84)97-76(67-91-78(83)61-53-45-39-31-35-43-51-59-73(7)8)69-95-99(88,89)93-65-74(81)64-92-98(86,87)94-68-75(96-80(85)63-55-47-38-30-24-23-27-34-42-50-58-72(5)6)66-90-77(82)60-52-44-36-28-21-18-17-20-26-33-41-49-57-71(3)4/h70-76,81H,9-69H2,1-8H3,(H,86,87)(H,88,89)/t74?,75-,76-/m1/s1. The molecular formula is C80H156O17P2. The molecule has 0 amide bonds. The van der Waals surface area contributed by atoms with E-state index in [9.17, 15) is 43.2 Å². The first kappa shape index (κ1) is 97.1. The topological polar surface area (TPSA) is 237 Å². The summed E-state index contributed by atoms with van der Waals surface area (Å²) in [6.07, 6.45) is 55.6. The van der Waals surface area contributed by atoms with Crippen molar-refractivity contribution in [3.63, 3.8) is 0 Å². The second kappa shape index (κ2) is 69.1. The molecule has 588 valence electrons. The summed E-state index contributed by atoms with van der Waals surface area (Å²) in [6.45, 7) is 14.2. The van der Waals surface area contributed by atoms with Crippen LogP contribution in [0.25, 0.3) is 0 Å². The van der Waals surface area contributed by atoms with Gasteiger partial charge in [0.1, 0.15) is 19.3 Å². The predicted octanol–water partition coefficient (Wildman–Crippen LogP) is 23.6. The fourth-order valence-electron chi connectivity index (χ4n) is 12.3. The van der Waals surface area contributed by atoms with E-state index < -0.39 is 97.5 Å². The largest absolute Gasteiger partial charge is 0.472 e. The highest BCUT2D eigenvalue weighted by atomic mass is 31.2. The van der Waals surface area contributed by atoms with E-state index in [0.717, 1.165) is 114 Å². The van der Waals surface area contributed by atoms with Crippen molar-refractivity contribution in [2.24, 2.45) is 23.7 Å². The highest BCUT2D eigenvalue weighted by molar-refractivity contribution is 7.47. The minimum atomic E-state index is -4.96. The molecule has 0 aliphatic rings. The molecule has 99 heavy (non-hydrogen) atoms. The van der Waals surface area contributed by atoms with E-state index in [2.05, 4.69) is 55.4 Å². The van der Waals surface area contributed by atoms with Crippen LogP contribution < -0.4 is 0 Å². The molecule has 0 aromatic rings. The number of carbonyl (C=O) groups excluding carboxylic acids is 4. The third-order valence-electron chi connectivity index (χ3n) is 18.6. The molecule has 0 bridgehead atoms. The van der Waals surface area contributed by atoms with Crippen LogP contribution in [0.4, 0.5) is 0 Å². The number of aliphatic hydroxyl groups excluding tert-OH is 1. The van der Waals surface area contributed by atoms with E-state index in [1.54, 1.807) is 0 Å². The molecule has 0 rings (SSSR count). The maximum atomic E-state index is 13.1. The van der Waals surface area contributed by atoms with Crippen molar-refractivity contribution >= 4 is 39.5 Å². The molecule has 0 aromatic carbocycles. The lowest BCUT2D eigenvalue weighted by Gasteiger charge is -2.21. The van der Waals surface area contributed by atoms with Crippen LogP contribution in [0.2, 0.25) is 0 Å². The van der Waals surface area contributed by atoms with E-state index in [1.807, 2.05) is 0 Å². The normalized spacial score (nSPS) is 14.1. The van der Waals surface area contributed by atoms with Gasteiger partial charge in [-0.1, -0.05) is 357 Å². The zero-order valence-corrected chi connectivity index (χ0v) is 66.9. The van der Waals surface area contributed by atoms with Gasteiger partial charge in [0.15, 0.2) is 12.2 Å². The number of phosphoric ester groups is 2. The van der Waals surface area contributed by atoms with Crippen molar-refractivity contribution in [2.45, 2.75) is 427 Å². The van der Waals surface area contributed by atoms with Crippen molar-refractivity contribution in [2.75, 3.05) is 39.6 Å². The predicted molar refractivity (Wildman–Crippen MR) is 404 cm³/mol. The molecule has 3 unspecified atom stereocenters. The number of phosphoric acid groups is 2. The minimum absolute atomic E-state index is 0.106. The van der Waals surface area contributed by atoms with Gasteiger partial charge in [0.25, 0.3) is 0 Å². The van der Waals surface area contributed by atoms with Gasteiger partial charge in [-0.2, -0.15) is 0 Å². The van der Waals surface area contributed by atoms with Crippen molar-refractivity contribution in [3.05, 3.63) is 0 Å². The first-order chi connectivity index (χ1) is 47.6. The van der Waals surface area contributed by atoms with Gasteiger partial charge in [-0.05, 0) is 49.4 Å². The summed E-state index contributed by atoms with van der Waals surface area (Å²) in [4.78, 5) is 72.9. The number of unbranched alkanes of at least 4 members (excludes halogenated alkanes) is 43. The van der Waals surface area contributed by atoms with E-state index in [0.29, 0.717) is 31.6 Å². The smallest absolute Gasteiger partial charge is 0.462 e. The summed E-state index contributed by atoms with van der Waals surface area (Å²) in [6, 6.07) is 0. The van der Waals surface area contributed by atoms with E-state index in [1.165, 1.54) is 205 Å². The number of rotatable bonds is 77. The third-order valence-corrected chi connectivity index (χ3v) is 20.5. The Morgan fingerprint density at radius 3 is 0.626 bits per heavy atom. The second-order valence-electron chi connectivity index (χ2n) is 30.7. The highest BCUT2D eigenvalue weighted by Gasteiger charge is 2.30. The van der Waals surface area contributed by atoms with Crippen LogP contribution in [-0.2, 0) is 65.4 Å². The summed E-state index contributed by atoms with van der Waals surface area (Å²) >= 11 is 0. The van der Waals surface area contributed by atoms with Crippen molar-refractivity contribution in [3.8, 4) is 0 Å². The summed E-state index contributed by atoms with van der Waals surface area (Å²) in [5.74, 6) is 0.942. The Morgan fingerprint density at radius 2 is 0.424 bits per heavy atom.